The fourth-order valence-electron chi connectivity index (χ4n) is 4.55. The first-order valence-corrected chi connectivity index (χ1v) is 10.6. The van der Waals surface area contributed by atoms with E-state index in [9.17, 15) is 15.0 Å². The van der Waals surface area contributed by atoms with E-state index in [4.69, 9.17) is 11.6 Å². The summed E-state index contributed by atoms with van der Waals surface area (Å²) in [5.74, 6) is 0.137. The number of para-hydroxylation sites is 1. The molecule has 4 aromatic carbocycles. The van der Waals surface area contributed by atoms with Crippen LogP contribution in [0.1, 0.15) is 22.3 Å². The molecule has 4 nitrogen and oxygen atoms in total. The van der Waals surface area contributed by atoms with Crippen molar-refractivity contribution in [2.75, 3.05) is 4.90 Å². The summed E-state index contributed by atoms with van der Waals surface area (Å²) in [5.41, 5.74) is 2.84. The molecule has 5 rings (SSSR count). The Bertz CT molecular complexity index is 1250. The minimum atomic E-state index is -1.13. The van der Waals surface area contributed by atoms with Crippen LogP contribution in [0.5, 0.6) is 11.5 Å². The molecule has 0 saturated heterocycles. The number of phenolic OH excluding ortho intramolecular Hbond substituents is 2. The first kappa shape index (κ1) is 20.2. The average molecular weight is 442 g/mol. The van der Waals surface area contributed by atoms with Crippen LogP contribution < -0.4 is 4.90 Å². The van der Waals surface area contributed by atoms with Gasteiger partial charge < -0.3 is 15.1 Å². The van der Waals surface area contributed by atoms with Crippen molar-refractivity contribution in [3.8, 4) is 11.5 Å². The number of rotatable bonds is 4. The van der Waals surface area contributed by atoms with Gasteiger partial charge in [0.05, 0.1) is 6.54 Å². The zero-order chi connectivity index (χ0) is 22.3. The molecule has 0 atom stereocenters. The quantitative estimate of drug-likeness (QED) is 0.431. The van der Waals surface area contributed by atoms with Crippen molar-refractivity contribution in [1.29, 1.82) is 0 Å². The lowest BCUT2D eigenvalue weighted by molar-refractivity contribution is -0.120. The average Bonchev–Trinajstić information content (AvgIpc) is 3.05. The molecule has 0 spiro atoms. The maximum absolute atomic E-state index is 14.3. The molecule has 5 heteroatoms. The second-order valence-electron chi connectivity index (χ2n) is 7.84. The molecule has 1 heterocycles. The first-order chi connectivity index (χ1) is 15.5. The van der Waals surface area contributed by atoms with Crippen molar-refractivity contribution in [1.82, 2.24) is 0 Å². The molecule has 32 heavy (non-hydrogen) atoms. The molecule has 0 radical (unpaired) electrons. The fraction of sp³-hybridized carbons (Fsp3) is 0.0741. The van der Waals surface area contributed by atoms with Crippen LogP contribution in [-0.4, -0.2) is 16.1 Å². The molecule has 0 aromatic heterocycles. The number of nitrogens with zero attached hydrogens (tertiary/aromatic N) is 1. The maximum atomic E-state index is 14.3. The van der Waals surface area contributed by atoms with Gasteiger partial charge in [0.2, 0.25) is 5.91 Å². The molecule has 2 N–H and O–H groups in total. The monoisotopic (exact) mass is 441 g/mol. The second-order valence-corrected chi connectivity index (χ2v) is 8.25. The predicted octanol–water partition coefficient (Wildman–Crippen LogP) is 5.63. The van der Waals surface area contributed by atoms with Crippen LogP contribution >= 0.6 is 11.6 Å². The van der Waals surface area contributed by atoms with Crippen LogP contribution in [0.15, 0.2) is 97.1 Å². The van der Waals surface area contributed by atoms with E-state index in [0.29, 0.717) is 11.6 Å². The van der Waals surface area contributed by atoms with E-state index in [1.807, 2.05) is 48.5 Å². The molecule has 158 valence electrons. The van der Waals surface area contributed by atoms with Crippen molar-refractivity contribution in [3.63, 3.8) is 0 Å². The summed E-state index contributed by atoms with van der Waals surface area (Å²) in [6.07, 6.45) is 0. The molecular formula is C27H20ClNO3. The molecule has 1 amide bonds. The SMILES string of the molecule is O=C1N(Cc2ccccc2Cl)c2ccccc2C1(c1ccc(O)cc1)c1ccc(O)cc1. The number of phenols is 2. The lowest BCUT2D eigenvalue weighted by Gasteiger charge is -2.30. The molecule has 0 unspecified atom stereocenters. The van der Waals surface area contributed by atoms with E-state index < -0.39 is 5.41 Å². The van der Waals surface area contributed by atoms with Crippen molar-refractivity contribution >= 4 is 23.2 Å². The topological polar surface area (TPSA) is 60.8 Å². The van der Waals surface area contributed by atoms with Crippen LogP contribution in [0.4, 0.5) is 5.69 Å². The minimum absolute atomic E-state index is 0.116. The van der Waals surface area contributed by atoms with Gasteiger partial charge in [-0.15, -0.1) is 0 Å². The summed E-state index contributed by atoms with van der Waals surface area (Å²) >= 11 is 6.42. The van der Waals surface area contributed by atoms with Crippen LogP contribution in [0.25, 0.3) is 0 Å². The van der Waals surface area contributed by atoms with Crippen molar-refractivity contribution < 1.29 is 15.0 Å². The van der Waals surface area contributed by atoms with Gasteiger partial charge in [0.1, 0.15) is 16.9 Å². The standard InChI is InChI=1S/C27H20ClNO3/c28-24-7-3-1-5-18(24)17-29-25-8-4-2-6-23(25)27(26(29)32,19-9-13-21(30)14-10-19)20-11-15-22(31)16-12-20/h1-16,30-31H,17H2. The predicted molar refractivity (Wildman–Crippen MR) is 125 cm³/mol. The molecular weight excluding hydrogens is 422 g/mol. The highest BCUT2D eigenvalue weighted by atomic mass is 35.5. The summed E-state index contributed by atoms with van der Waals surface area (Å²) in [5, 5.41) is 20.4. The van der Waals surface area contributed by atoms with Crippen molar-refractivity contribution in [2.24, 2.45) is 0 Å². The lowest BCUT2D eigenvalue weighted by atomic mass is 9.70. The zero-order valence-corrected chi connectivity index (χ0v) is 17.8. The van der Waals surface area contributed by atoms with Gasteiger partial charge in [-0.2, -0.15) is 0 Å². The van der Waals surface area contributed by atoms with E-state index in [1.54, 1.807) is 53.4 Å². The molecule has 0 saturated carbocycles. The number of fused-ring (bicyclic) bond motifs is 1. The molecule has 1 aliphatic rings. The third-order valence-corrected chi connectivity index (χ3v) is 6.42. The van der Waals surface area contributed by atoms with Gasteiger partial charge in [-0.05, 0) is 53.1 Å². The molecule has 4 aromatic rings. The van der Waals surface area contributed by atoms with Crippen molar-refractivity contribution in [3.05, 3.63) is 124 Å². The lowest BCUT2D eigenvalue weighted by Crippen LogP contribution is -2.42. The normalized spacial score (nSPS) is 14.4. The van der Waals surface area contributed by atoms with Crippen LogP contribution in [-0.2, 0) is 16.8 Å². The number of benzene rings is 4. The highest BCUT2D eigenvalue weighted by molar-refractivity contribution is 6.31. The molecule has 0 fully saturated rings. The largest absolute Gasteiger partial charge is 0.508 e. The van der Waals surface area contributed by atoms with Crippen molar-refractivity contribution in [2.45, 2.75) is 12.0 Å². The zero-order valence-electron chi connectivity index (χ0n) is 17.1. The van der Waals surface area contributed by atoms with Crippen LogP contribution in [0.3, 0.4) is 0 Å². The fourth-order valence-corrected chi connectivity index (χ4v) is 4.75. The summed E-state index contributed by atoms with van der Waals surface area (Å²) in [6, 6.07) is 28.7. The minimum Gasteiger partial charge on any atom is -0.508 e. The van der Waals surface area contributed by atoms with Gasteiger partial charge >= 0.3 is 0 Å². The first-order valence-electron chi connectivity index (χ1n) is 10.3. The number of hydrogen-bond acceptors (Lipinski definition) is 3. The Balaban J connectivity index is 1.76. The Morgan fingerprint density at radius 3 is 1.84 bits per heavy atom. The van der Waals surface area contributed by atoms with Gasteiger partial charge in [0.25, 0.3) is 0 Å². The number of aromatic hydroxyl groups is 2. The van der Waals surface area contributed by atoms with E-state index in [-0.39, 0.29) is 17.4 Å². The van der Waals surface area contributed by atoms with Gasteiger partial charge in [0.15, 0.2) is 0 Å². The summed E-state index contributed by atoms with van der Waals surface area (Å²) in [4.78, 5) is 16.1. The van der Waals surface area contributed by atoms with E-state index in [1.165, 1.54) is 0 Å². The van der Waals surface area contributed by atoms with Gasteiger partial charge in [0, 0.05) is 16.3 Å². The van der Waals surface area contributed by atoms with E-state index in [0.717, 1.165) is 27.9 Å². The molecule has 1 aliphatic heterocycles. The van der Waals surface area contributed by atoms with E-state index in [2.05, 4.69) is 0 Å². The van der Waals surface area contributed by atoms with Crippen LogP contribution in [0, 0.1) is 0 Å². The molecule has 0 aliphatic carbocycles. The molecule has 0 bridgehead atoms. The third kappa shape index (κ3) is 3.03. The second kappa shape index (κ2) is 7.74. The number of hydrogen-bond donors (Lipinski definition) is 2. The van der Waals surface area contributed by atoms with Gasteiger partial charge in [-0.3, -0.25) is 4.79 Å². The number of halogens is 1. The van der Waals surface area contributed by atoms with Gasteiger partial charge in [-0.1, -0.05) is 72.3 Å². The highest BCUT2D eigenvalue weighted by Gasteiger charge is 2.53. The highest BCUT2D eigenvalue weighted by Crippen LogP contribution is 2.51. The van der Waals surface area contributed by atoms with Crippen LogP contribution in [0.2, 0.25) is 5.02 Å². The number of amides is 1. The summed E-state index contributed by atoms with van der Waals surface area (Å²) < 4.78 is 0. The Morgan fingerprint density at radius 1 is 0.719 bits per heavy atom. The van der Waals surface area contributed by atoms with E-state index >= 15 is 0 Å². The maximum Gasteiger partial charge on any atom is 0.247 e. The third-order valence-electron chi connectivity index (χ3n) is 6.05. The summed E-state index contributed by atoms with van der Waals surface area (Å²) in [6.45, 7) is 0.327. The Kier molecular flexibility index (Phi) is 4.87. The number of anilines is 1. The van der Waals surface area contributed by atoms with Gasteiger partial charge in [-0.25, -0.2) is 0 Å². The number of carbonyl (C=O) groups excluding carboxylic acids is 1. The summed E-state index contributed by atoms with van der Waals surface area (Å²) in [7, 11) is 0. The smallest absolute Gasteiger partial charge is 0.247 e. The number of carbonyl (C=O) groups is 1. The Morgan fingerprint density at radius 2 is 1.25 bits per heavy atom. The Hall–Kier alpha value is -3.76. The Labute approximate surface area is 191 Å².